The zero-order valence-corrected chi connectivity index (χ0v) is 9.00. The Labute approximate surface area is 87.2 Å². The Morgan fingerprint density at radius 2 is 2.00 bits per heavy atom. The highest BCUT2D eigenvalue weighted by Gasteiger charge is 1.89. The summed E-state index contributed by atoms with van der Waals surface area (Å²) >= 11 is 0. The predicted molar refractivity (Wildman–Crippen MR) is 59.4 cm³/mol. The molecule has 2 N–H and O–H groups in total. The molecule has 0 bridgehead atoms. The van der Waals surface area contributed by atoms with Crippen molar-refractivity contribution in [1.29, 1.82) is 0 Å². The summed E-state index contributed by atoms with van der Waals surface area (Å²) in [6, 6.07) is 0. The van der Waals surface area contributed by atoms with Crippen molar-refractivity contribution in [2.45, 2.75) is 25.7 Å². The lowest BCUT2D eigenvalue weighted by atomic mass is 10.2. The molecule has 0 fully saturated rings. The number of hydrogen-bond acceptors (Lipinski definition) is 3. The molecule has 0 aliphatic rings. The number of rotatable bonds is 11. The molecule has 0 spiro atoms. The maximum Gasteiger partial charge on any atom is 0.0591 e. The minimum atomic E-state index is 0.310. The van der Waals surface area contributed by atoms with Crippen LogP contribution in [0.2, 0.25) is 0 Å². The van der Waals surface area contributed by atoms with E-state index in [9.17, 15) is 0 Å². The van der Waals surface area contributed by atoms with Gasteiger partial charge in [0.25, 0.3) is 0 Å². The summed E-state index contributed by atoms with van der Waals surface area (Å²) in [6.07, 6.45) is 5.93. The molecule has 0 unspecified atom stereocenters. The maximum absolute atomic E-state index is 8.54. The monoisotopic (exact) mass is 201 g/mol. The van der Waals surface area contributed by atoms with Crippen LogP contribution < -0.4 is 5.32 Å². The number of aliphatic hydroxyl groups is 1. The third kappa shape index (κ3) is 11.6. The van der Waals surface area contributed by atoms with E-state index in [0.29, 0.717) is 6.61 Å². The smallest absolute Gasteiger partial charge is 0.0591 e. The second-order valence-electron chi connectivity index (χ2n) is 3.22. The van der Waals surface area contributed by atoms with Crippen molar-refractivity contribution < 1.29 is 9.84 Å². The van der Waals surface area contributed by atoms with Crippen LogP contribution in [0.4, 0.5) is 0 Å². The van der Waals surface area contributed by atoms with Crippen LogP contribution in [0, 0.1) is 0 Å². The van der Waals surface area contributed by atoms with E-state index in [1.54, 1.807) is 0 Å². The highest BCUT2D eigenvalue weighted by molar-refractivity contribution is 4.64. The lowest BCUT2D eigenvalue weighted by molar-refractivity contribution is 0.140. The van der Waals surface area contributed by atoms with Gasteiger partial charge in [0.2, 0.25) is 0 Å². The lowest BCUT2D eigenvalue weighted by Gasteiger charge is -2.04. The van der Waals surface area contributed by atoms with Crippen LogP contribution in [0.3, 0.4) is 0 Å². The molecule has 84 valence electrons. The SMILES string of the molecule is C=CCCOCCNCCCCCO. The summed E-state index contributed by atoms with van der Waals surface area (Å²) in [5.41, 5.74) is 0. The Morgan fingerprint density at radius 3 is 2.71 bits per heavy atom. The average molecular weight is 201 g/mol. The molecular formula is C11H23NO2. The number of aliphatic hydroxyl groups excluding tert-OH is 1. The topological polar surface area (TPSA) is 41.5 Å². The Balaban J connectivity index is 2.81. The summed E-state index contributed by atoms with van der Waals surface area (Å²) in [5.74, 6) is 0. The molecule has 0 radical (unpaired) electrons. The van der Waals surface area contributed by atoms with Crippen molar-refractivity contribution in [3.05, 3.63) is 12.7 Å². The fraction of sp³-hybridized carbons (Fsp3) is 0.818. The van der Waals surface area contributed by atoms with E-state index < -0.39 is 0 Å². The molecular weight excluding hydrogens is 178 g/mol. The van der Waals surface area contributed by atoms with Crippen LogP contribution in [0.15, 0.2) is 12.7 Å². The third-order valence-corrected chi connectivity index (χ3v) is 1.90. The molecule has 3 nitrogen and oxygen atoms in total. The van der Waals surface area contributed by atoms with Gasteiger partial charge < -0.3 is 15.2 Å². The van der Waals surface area contributed by atoms with Gasteiger partial charge in [-0.05, 0) is 32.2 Å². The normalized spacial score (nSPS) is 10.4. The highest BCUT2D eigenvalue weighted by atomic mass is 16.5. The molecule has 0 aromatic heterocycles. The molecule has 0 aromatic carbocycles. The van der Waals surface area contributed by atoms with Crippen LogP contribution in [0.5, 0.6) is 0 Å². The Kier molecular flexibility index (Phi) is 12.3. The van der Waals surface area contributed by atoms with Crippen LogP contribution in [-0.4, -0.2) is 38.0 Å². The molecule has 0 saturated carbocycles. The molecule has 0 aliphatic carbocycles. The number of hydrogen-bond donors (Lipinski definition) is 2. The summed E-state index contributed by atoms with van der Waals surface area (Å²) in [7, 11) is 0. The van der Waals surface area contributed by atoms with Crippen molar-refractivity contribution in [3.63, 3.8) is 0 Å². The van der Waals surface area contributed by atoms with E-state index >= 15 is 0 Å². The fourth-order valence-corrected chi connectivity index (χ4v) is 1.08. The van der Waals surface area contributed by atoms with Gasteiger partial charge in [0.15, 0.2) is 0 Å². The first-order chi connectivity index (χ1) is 6.91. The van der Waals surface area contributed by atoms with Gasteiger partial charge in [-0.25, -0.2) is 0 Å². The quantitative estimate of drug-likeness (QED) is 0.391. The zero-order chi connectivity index (χ0) is 10.5. The van der Waals surface area contributed by atoms with Crippen molar-refractivity contribution in [1.82, 2.24) is 5.32 Å². The van der Waals surface area contributed by atoms with E-state index in [4.69, 9.17) is 9.84 Å². The van der Waals surface area contributed by atoms with Gasteiger partial charge in [-0.15, -0.1) is 6.58 Å². The Bertz CT molecular complexity index is 118. The van der Waals surface area contributed by atoms with E-state index in [2.05, 4.69) is 11.9 Å². The largest absolute Gasteiger partial charge is 0.396 e. The Hall–Kier alpha value is -0.380. The van der Waals surface area contributed by atoms with E-state index in [1.165, 1.54) is 0 Å². The molecule has 0 saturated heterocycles. The van der Waals surface area contributed by atoms with Gasteiger partial charge >= 0.3 is 0 Å². The average Bonchev–Trinajstić information content (AvgIpc) is 2.21. The molecule has 3 heteroatoms. The summed E-state index contributed by atoms with van der Waals surface area (Å²) in [5, 5.41) is 11.8. The standard InChI is InChI=1S/C11H23NO2/c1-2-3-10-14-11-8-12-7-5-4-6-9-13/h2,12-13H,1,3-11H2. The van der Waals surface area contributed by atoms with Crippen molar-refractivity contribution in [2.75, 3.05) is 32.9 Å². The van der Waals surface area contributed by atoms with Gasteiger partial charge in [-0.2, -0.15) is 0 Å². The number of nitrogens with one attached hydrogen (secondary N) is 1. The molecule has 0 heterocycles. The first-order valence-electron chi connectivity index (χ1n) is 5.42. The molecule has 0 aromatic rings. The summed E-state index contributed by atoms with van der Waals surface area (Å²) < 4.78 is 5.33. The maximum atomic E-state index is 8.54. The van der Waals surface area contributed by atoms with E-state index in [1.807, 2.05) is 6.08 Å². The van der Waals surface area contributed by atoms with Gasteiger partial charge in [-0.1, -0.05) is 6.08 Å². The number of ether oxygens (including phenoxy) is 1. The van der Waals surface area contributed by atoms with Gasteiger partial charge in [0.1, 0.15) is 0 Å². The second-order valence-corrected chi connectivity index (χ2v) is 3.22. The fourth-order valence-electron chi connectivity index (χ4n) is 1.08. The van der Waals surface area contributed by atoms with Crippen LogP contribution >= 0.6 is 0 Å². The van der Waals surface area contributed by atoms with Gasteiger partial charge in [0, 0.05) is 13.2 Å². The summed E-state index contributed by atoms with van der Waals surface area (Å²) in [6.45, 7) is 7.41. The first kappa shape index (κ1) is 13.6. The van der Waals surface area contributed by atoms with Crippen molar-refractivity contribution in [3.8, 4) is 0 Å². The molecule has 0 atom stereocenters. The van der Waals surface area contributed by atoms with E-state index in [0.717, 1.165) is 52.0 Å². The second kappa shape index (κ2) is 12.6. The number of unbranched alkanes of at least 4 members (excludes halogenated alkanes) is 2. The predicted octanol–water partition coefficient (Wildman–Crippen LogP) is 1.33. The zero-order valence-electron chi connectivity index (χ0n) is 9.00. The van der Waals surface area contributed by atoms with Crippen LogP contribution in [-0.2, 0) is 4.74 Å². The van der Waals surface area contributed by atoms with Crippen molar-refractivity contribution >= 4 is 0 Å². The lowest BCUT2D eigenvalue weighted by Crippen LogP contribution is -2.21. The Morgan fingerprint density at radius 1 is 1.14 bits per heavy atom. The minimum Gasteiger partial charge on any atom is -0.396 e. The van der Waals surface area contributed by atoms with Crippen LogP contribution in [0.1, 0.15) is 25.7 Å². The summed E-state index contributed by atoms with van der Waals surface area (Å²) in [4.78, 5) is 0. The van der Waals surface area contributed by atoms with Gasteiger partial charge in [0.05, 0.1) is 13.2 Å². The highest BCUT2D eigenvalue weighted by Crippen LogP contribution is 1.91. The van der Waals surface area contributed by atoms with Crippen LogP contribution in [0.25, 0.3) is 0 Å². The van der Waals surface area contributed by atoms with Gasteiger partial charge in [-0.3, -0.25) is 0 Å². The third-order valence-electron chi connectivity index (χ3n) is 1.90. The molecule has 0 amide bonds. The van der Waals surface area contributed by atoms with E-state index in [-0.39, 0.29) is 0 Å². The molecule has 0 aliphatic heterocycles. The molecule has 0 rings (SSSR count). The first-order valence-corrected chi connectivity index (χ1v) is 5.42. The molecule has 14 heavy (non-hydrogen) atoms. The minimum absolute atomic E-state index is 0.310. The van der Waals surface area contributed by atoms with Crippen molar-refractivity contribution in [2.24, 2.45) is 0 Å².